The Hall–Kier alpha value is -1.79. The number of benzene rings is 1. The summed E-state index contributed by atoms with van der Waals surface area (Å²) >= 11 is 0. The number of ether oxygens (including phenoxy) is 1. The molecule has 6 heteroatoms. The van der Waals surface area contributed by atoms with Gasteiger partial charge in [0.2, 0.25) is 0 Å². The van der Waals surface area contributed by atoms with Gasteiger partial charge >= 0.3 is 0 Å². The summed E-state index contributed by atoms with van der Waals surface area (Å²) in [5, 5.41) is 27.4. The zero-order chi connectivity index (χ0) is 13.5. The topological polar surface area (TPSA) is 90.2 Å². The first-order valence-corrected chi connectivity index (χ1v) is 5.52. The van der Waals surface area contributed by atoms with Gasteiger partial charge in [-0.15, -0.1) is 0 Å². The molecule has 0 atom stereocenters. The molecule has 0 heterocycles. The Labute approximate surface area is 105 Å². The van der Waals surface area contributed by atoms with E-state index in [1.807, 2.05) is 0 Å². The molecule has 18 heavy (non-hydrogen) atoms. The summed E-state index contributed by atoms with van der Waals surface area (Å²) < 4.78 is 4.92. The first-order chi connectivity index (χ1) is 8.63. The molecule has 0 aliphatic rings. The van der Waals surface area contributed by atoms with Gasteiger partial charge in [0.25, 0.3) is 5.91 Å². The van der Waals surface area contributed by atoms with E-state index < -0.39 is 5.91 Å². The SMILES string of the molecule is COc1ccc(C(=O)N(CCO)CCO)c(O)c1. The molecule has 0 fully saturated rings. The van der Waals surface area contributed by atoms with E-state index in [4.69, 9.17) is 14.9 Å². The van der Waals surface area contributed by atoms with Crippen LogP contribution in [0.4, 0.5) is 0 Å². The van der Waals surface area contributed by atoms with Crippen LogP contribution in [-0.2, 0) is 0 Å². The lowest BCUT2D eigenvalue weighted by atomic mass is 10.1. The van der Waals surface area contributed by atoms with Crippen LogP contribution in [0.2, 0.25) is 0 Å². The molecule has 1 aromatic carbocycles. The number of nitrogens with zero attached hydrogens (tertiary/aromatic N) is 1. The van der Waals surface area contributed by atoms with Crippen LogP contribution in [0.15, 0.2) is 18.2 Å². The van der Waals surface area contributed by atoms with Crippen molar-refractivity contribution in [2.24, 2.45) is 0 Å². The van der Waals surface area contributed by atoms with Crippen molar-refractivity contribution in [3.8, 4) is 11.5 Å². The Morgan fingerprint density at radius 1 is 1.28 bits per heavy atom. The normalized spacial score (nSPS) is 10.2. The molecule has 0 unspecified atom stereocenters. The van der Waals surface area contributed by atoms with Crippen molar-refractivity contribution in [1.29, 1.82) is 0 Å². The zero-order valence-electron chi connectivity index (χ0n) is 10.2. The number of hydrogen-bond acceptors (Lipinski definition) is 5. The minimum Gasteiger partial charge on any atom is -0.507 e. The summed E-state index contributed by atoms with van der Waals surface area (Å²) in [6.07, 6.45) is 0. The van der Waals surface area contributed by atoms with Crippen LogP contribution in [-0.4, -0.2) is 59.5 Å². The van der Waals surface area contributed by atoms with Crippen molar-refractivity contribution in [3.05, 3.63) is 23.8 Å². The molecule has 0 aliphatic carbocycles. The van der Waals surface area contributed by atoms with Gasteiger partial charge in [0.15, 0.2) is 0 Å². The molecule has 0 saturated heterocycles. The fraction of sp³-hybridized carbons (Fsp3) is 0.417. The van der Waals surface area contributed by atoms with Gasteiger partial charge in [0.05, 0.1) is 25.9 Å². The molecule has 0 radical (unpaired) electrons. The summed E-state index contributed by atoms with van der Waals surface area (Å²) in [7, 11) is 1.46. The summed E-state index contributed by atoms with van der Waals surface area (Å²) in [5.41, 5.74) is 0.109. The van der Waals surface area contributed by atoms with Gasteiger partial charge in [-0.1, -0.05) is 0 Å². The molecule has 0 spiro atoms. The number of rotatable bonds is 6. The molecule has 3 N–H and O–H groups in total. The minimum absolute atomic E-state index is 0.102. The monoisotopic (exact) mass is 255 g/mol. The molecule has 0 aromatic heterocycles. The Bertz CT molecular complexity index is 401. The second-order valence-corrected chi connectivity index (χ2v) is 3.62. The van der Waals surface area contributed by atoms with Crippen LogP contribution in [0.5, 0.6) is 11.5 Å². The van der Waals surface area contributed by atoms with Crippen molar-refractivity contribution in [3.63, 3.8) is 0 Å². The Morgan fingerprint density at radius 3 is 2.33 bits per heavy atom. The van der Waals surface area contributed by atoms with Gasteiger partial charge in [-0.3, -0.25) is 4.79 Å². The van der Waals surface area contributed by atoms with Crippen molar-refractivity contribution in [2.75, 3.05) is 33.4 Å². The van der Waals surface area contributed by atoms with Crippen LogP contribution < -0.4 is 4.74 Å². The van der Waals surface area contributed by atoms with Crippen LogP contribution in [0, 0.1) is 0 Å². The number of methoxy groups -OCH3 is 1. The number of hydrogen-bond donors (Lipinski definition) is 3. The van der Waals surface area contributed by atoms with Crippen molar-refractivity contribution in [2.45, 2.75) is 0 Å². The lowest BCUT2D eigenvalue weighted by Crippen LogP contribution is -2.35. The van der Waals surface area contributed by atoms with Crippen molar-refractivity contribution >= 4 is 5.91 Å². The second-order valence-electron chi connectivity index (χ2n) is 3.62. The summed E-state index contributed by atoms with van der Waals surface area (Å²) in [6, 6.07) is 4.34. The average Bonchev–Trinajstić information content (AvgIpc) is 2.37. The molecule has 0 saturated carbocycles. The maximum atomic E-state index is 12.0. The third kappa shape index (κ3) is 3.35. The molecule has 1 amide bonds. The van der Waals surface area contributed by atoms with E-state index in [1.54, 1.807) is 6.07 Å². The van der Waals surface area contributed by atoms with E-state index in [1.165, 1.54) is 24.1 Å². The number of carbonyl (C=O) groups is 1. The minimum atomic E-state index is -0.446. The van der Waals surface area contributed by atoms with E-state index in [2.05, 4.69) is 0 Å². The number of aliphatic hydroxyl groups excluding tert-OH is 2. The number of amides is 1. The maximum absolute atomic E-state index is 12.0. The van der Waals surface area contributed by atoms with Crippen LogP contribution in [0.25, 0.3) is 0 Å². The zero-order valence-corrected chi connectivity index (χ0v) is 10.2. The van der Waals surface area contributed by atoms with E-state index in [0.29, 0.717) is 5.75 Å². The predicted octanol–water partition coefficient (Wildman–Crippen LogP) is -0.172. The van der Waals surface area contributed by atoms with Crippen LogP contribution >= 0.6 is 0 Å². The predicted molar refractivity (Wildman–Crippen MR) is 64.7 cm³/mol. The highest BCUT2D eigenvalue weighted by Gasteiger charge is 2.18. The van der Waals surface area contributed by atoms with Gasteiger partial charge in [0.1, 0.15) is 11.5 Å². The summed E-state index contributed by atoms with van der Waals surface area (Å²) in [6.45, 7) is -0.207. The highest BCUT2D eigenvalue weighted by atomic mass is 16.5. The number of phenolic OH excluding ortho intramolecular Hbond substituents is 1. The van der Waals surface area contributed by atoms with Gasteiger partial charge in [-0.2, -0.15) is 0 Å². The second kappa shape index (κ2) is 6.83. The van der Waals surface area contributed by atoms with Crippen molar-refractivity contribution < 1.29 is 24.9 Å². The number of carbonyl (C=O) groups excluding carboxylic acids is 1. The lowest BCUT2D eigenvalue weighted by molar-refractivity contribution is 0.0681. The highest BCUT2D eigenvalue weighted by molar-refractivity contribution is 5.97. The molecule has 6 nitrogen and oxygen atoms in total. The molecule has 1 aromatic rings. The molecule has 100 valence electrons. The Morgan fingerprint density at radius 2 is 1.89 bits per heavy atom. The first-order valence-electron chi connectivity index (χ1n) is 5.52. The van der Waals surface area contributed by atoms with E-state index in [-0.39, 0.29) is 37.6 Å². The van der Waals surface area contributed by atoms with Gasteiger partial charge in [-0.25, -0.2) is 0 Å². The van der Waals surface area contributed by atoms with Crippen LogP contribution in [0.3, 0.4) is 0 Å². The summed E-state index contributed by atoms with van der Waals surface area (Å²) in [4.78, 5) is 13.3. The number of aromatic hydroxyl groups is 1. The van der Waals surface area contributed by atoms with Gasteiger partial charge in [-0.05, 0) is 12.1 Å². The number of aliphatic hydroxyl groups is 2. The number of phenols is 1. The smallest absolute Gasteiger partial charge is 0.257 e. The molecule has 1 rings (SSSR count). The fourth-order valence-electron chi connectivity index (χ4n) is 1.55. The van der Waals surface area contributed by atoms with Crippen molar-refractivity contribution in [1.82, 2.24) is 4.90 Å². The third-order valence-corrected chi connectivity index (χ3v) is 2.46. The van der Waals surface area contributed by atoms with Gasteiger partial charge < -0.3 is 25.0 Å². The first kappa shape index (κ1) is 14.3. The largest absolute Gasteiger partial charge is 0.507 e. The molecular formula is C12H17NO5. The lowest BCUT2D eigenvalue weighted by Gasteiger charge is -2.21. The average molecular weight is 255 g/mol. The fourth-order valence-corrected chi connectivity index (χ4v) is 1.55. The quantitative estimate of drug-likeness (QED) is 0.656. The van der Waals surface area contributed by atoms with E-state index in [0.717, 1.165) is 0 Å². The van der Waals surface area contributed by atoms with E-state index in [9.17, 15) is 9.90 Å². The van der Waals surface area contributed by atoms with Gasteiger partial charge in [0, 0.05) is 19.2 Å². The molecule has 0 bridgehead atoms. The van der Waals surface area contributed by atoms with E-state index >= 15 is 0 Å². The Kier molecular flexibility index (Phi) is 5.41. The highest BCUT2D eigenvalue weighted by Crippen LogP contribution is 2.24. The molecular weight excluding hydrogens is 238 g/mol. The Balaban J connectivity index is 2.93. The summed E-state index contributed by atoms with van der Waals surface area (Å²) in [5.74, 6) is -0.196. The molecule has 0 aliphatic heterocycles. The van der Waals surface area contributed by atoms with Crippen LogP contribution in [0.1, 0.15) is 10.4 Å². The maximum Gasteiger partial charge on any atom is 0.257 e. The standard InChI is InChI=1S/C12H17NO5/c1-18-9-2-3-10(11(16)8-9)12(17)13(4-6-14)5-7-15/h2-3,8,14-16H,4-7H2,1H3. The third-order valence-electron chi connectivity index (χ3n) is 2.46.